The summed E-state index contributed by atoms with van der Waals surface area (Å²) in [6, 6.07) is 0.0225. The molecule has 2 N–H and O–H groups in total. The fourth-order valence-corrected chi connectivity index (χ4v) is 2.59. The van der Waals surface area contributed by atoms with Crippen LogP contribution in [-0.2, 0) is 9.59 Å². The molecule has 2 aliphatic rings. The van der Waals surface area contributed by atoms with Crippen LogP contribution in [-0.4, -0.2) is 46.9 Å². The highest BCUT2D eigenvalue weighted by molar-refractivity contribution is 5.90. The molecule has 1 aliphatic carbocycles. The summed E-state index contributed by atoms with van der Waals surface area (Å²) in [6.07, 6.45) is 4.19. The Morgan fingerprint density at radius 2 is 1.95 bits per heavy atom. The molecule has 2 unspecified atom stereocenters. The zero-order valence-electron chi connectivity index (χ0n) is 13.0. The Kier molecular flexibility index (Phi) is 4.37. The lowest BCUT2D eigenvalue weighted by Crippen LogP contribution is -2.58. The van der Waals surface area contributed by atoms with Crippen LogP contribution in [0.4, 0.5) is 0 Å². The van der Waals surface area contributed by atoms with Gasteiger partial charge in [-0.1, -0.05) is 0 Å². The summed E-state index contributed by atoms with van der Waals surface area (Å²) in [5, 5.41) is 6.34. The van der Waals surface area contributed by atoms with Gasteiger partial charge in [-0.15, -0.1) is 0 Å². The minimum absolute atomic E-state index is 0.0714. The maximum atomic E-state index is 12.5. The van der Waals surface area contributed by atoms with Gasteiger partial charge in [0.1, 0.15) is 6.04 Å². The van der Waals surface area contributed by atoms with E-state index in [-0.39, 0.29) is 23.4 Å². The van der Waals surface area contributed by atoms with Gasteiger partial charge in [-0.3, -0.25) is 9.59 Å². The van der Waals surface area contributed by atoms with E-state index in [1.54, 1.807) is 4.90 Å². The molecular weight excluding hydrogens is 254 g/mol. The minimum atomic E-state index is -0.398. The van der Waals surface area contributed by atoms with E-state index in [1.165, 1.54) is 12.8 Å². The molecule has 2 rings (SSSR count). The van der Waals surface area contributed by atoms with Crippen LogP contribution in [0.15, 0.2) is 0 Å². The quantitative estimate of drug-likeness (QED) is 0.809. The fourth-order valence-electron chi connectivity index (χ4n) is 2.59. The fraction of sp³-hybridized carbons (Fsp3) is 0.867. The molecule has 2 amide bonds. The Labute approximate surface area is 121 Å². The van der Waals surface area contributed by atoms with Crippen LogP contribution in [0.2, 0.25) is 0 Å². The van der Waals surface area contributed by atoms with Crippen molar-refractivity contribution in [3.63, 3.8) is 0 Å². The van der Waals surface area contributed by atoms with Crippen LogP contribution in [0.1, 0.15) is 53.4 Å². The molecule has 2 atom stereocenters. The van der Waals surface area contributed by atoms with Crippen molar-refractivity contribution in [3.8, 4) is 0 Å². The number of piperidine rings is 1. The molecule has 0 radical (unpaired) electrons. The van der Waals surface area contributed by atoms with Crippen LogP contribution >= 0.6 is 0 Å². The number of nitrogens with zero attached hydrogens (tertiary/aromatic N) is 1. The highest BCUT2D eigenvalue weighted by Gasteiger charge is 2.37. The number of carbonyl (C=O) groups is 2. The third kappa shape index (κ3) is 3.95. The van der Waals surface area contributed by atoms with Gasteiger partial charge >= 0.3 is 0 Å². The first kappa shape index (κ1) is 15.3. The maximum Gasteiger partial charge on any atom is 0.242 e. The third-order valence-electron chi connectivity index (χ3n) is 3.83. The summed E-state index contributed by atoms with van der Waals surface area (Å²) in [7, 11) is 0. The van der Waals surface area contributed by atoms with E-state index in [9.17, 15) is 9.59 Å². The van der Waals surface area contributed by atoms with E-state index in [0.717, 1.165) is 12.8 Å². The van der Waals surface area contributed by atoms with Crippen molar-refractivity contribution in [2.45, 2.75) is 77.0 Å². The van der Waals surface area contributed by atoms with Gasteiger partial charge < -0.3 is 15.5 Å². The molecule has 0 spiro atoms. The van der Waals surface area contributed by atoms with Gasteiger partial charge in [0, 0.05) is 18.1 Å². The van der Waals surface area contributed by atoms with Crippen molar-refractivity contribution in [2.75, 3.05) is 6.54 Å². The average Bonchev–Trinajstić information content (AvgIpc) is 3.13. The SMILES string of the molecule is CC(C(=O)NC(C)(C)C)N1CCCC(NC2CC2)C1=O. The largest absolute Gasteiger partial charge is 0.350 e. The van der Waals surface area contributed by atoms with Gasteiger partial charge in [-0.2, -0.15) is 0 Å². The van der Waals surface area contributed by atoms with Crippen molar-refractivity contribution >= 4 is 11.8 Å². The van der Waals surface area contributed by atoms with Crippen molar-refractivity contribution in [1.82, 2.24) is 15.5 Å². The number of nitrogens with one attached hydrogen (secondary N) is 2. The van der Waals surface area contributed by atoms with Crippen LogP contribution in [0, 0.1) is 0 Å². The second-order valence-electron chi connectivity index (χ2n) is 7.08. The molecule has 5 heteroatoms. The minimum Gasteiger partial charge on any atom is -0.350 e. The predicted octanol–water partition coefficient (Wildman–Crippen LogP) is 1.03. The lowest BCUT2D eigenvalue weighted by Gasteiger charge is -2.37. The average molecular weight is 281 g/mol. The lowest BCUT2D eigenvalue weighted by molar-refractivity contribution is -0.144. The van der Waals surface area contributed by atoms with Crippen LogP contribution in [0.3, 0.4) is 0 Å². The Hall–Kier alpha value is -1.10. The van der Waals surface area contributed by atoms with Gasteiger partial charge in [0.25, 0.3) is 0 Å². The van der Waals surface area contributed by atoms with Gasteiger partial charge in [0.15, 0.2) is 0 Å². The van der Waals surface area contributed by atoms with E-state index in [4.69, 9.17) is 0 Å². The standard InChI is InChI=1S/C15H27N3O2/c1-10(13(19)17-15(2,3)4)18-9-5-6-12(14(18)20)16-11-7-8-11/h10-12,16H,5-9H2,1-4H3,(H,17,19). The van der Waals surface area contributed by atoms with E-state index in [0.29, 0.717) is 12.6 Å². The summed E-state index contributed by atoms with van der Waals surface area (Å²) < 4.78 is 0. The summed E-state index contributed by atoms with van der Waals surface area (Å²) in [5.41, 5.74) is -0.268. The first-order valence-electron chi connectivity index (χ1n) is 7.66. The van der Waals surface area contributed by atoms with Crippen molar-refractivity contribution in [2.24, 2.45) is 0 Å². The summed E-state index contributed by atoms with van der Waals surface area (Å²) in [4.78, 5) is 26.4. The van der Waals surface area contributed by atoms with E-state index in [2.05, 4.69) is 10.6 Å². The predicted molar refractivity (Wildman–Crippen MR) is 78.3 cm³/mol. The highest BCUT2D eigenvalue weighted by atomic mass is 16.2. The molecule has 1 heterocycles. The number of hydrogen-bond acceptors (Lipinski definition) is 3. The van der Waals surface area contributed by atoms with Gasteiger partial charge in [0.2, 0.25) is 11.8 Å². The van der Waals surface area contributed by atoms with Crippen LogP contribution in [0.25, 0.3) is 0 Å². The molecule has 0 aromatic heterocycles. The summed E-state index contributed by atoms with van der Waals surface area (Å²) in [6.45, 7) is 8.35. The number of amides is 2. The molecule has 114 valence electrons. The Morgan fingerprint density at radius 3 is 2.50 bits per heavy atom. The number of rotatable bonds is 4. The van der Waals surface area contributed by atoms with Crippen molar-refractivity contribution < 1.29 is 9.59 Å². The van der Waals surface area contributed by atoms with E-state index in [1.807, 2.05) is 27.7 Å². The first-order valence-corrected chi connectivity index (χ1v) is 7.66. The smallest absolute Gasteiger partial charge is 0.242 e. The van der Waals surface area contributed by atoms with E-state index < -0.39 is 6.04 Å². The molecule has 5 nitrogen and oxygen atoms in total. The number of carbonyl (C=O) groups excluding carboxylic acids is 2. The zero-order valence-corrected chi connectivity index (χ0v) is 13.0. The monoisotopic (exact) mass is 281 g/mol. The second kappa shape index (κ2) is 5.72. The van der Waals surface area contributed by atoms with Crippen molar-refractivity contribution in [1.29, 1.82) is 0 Å². The van der Waals surface area contributed by atoms with Crippen molar-refractivity contribution in [3.05, 3.63) is 0 Å². The second-order valence-corrected chi connectivity index (χ2v) is 7.08. The Bertz CT molecular complexity index is 385. The molecule has 0 bridgehead atoms. The molecular formula is C15H27N3O2. The van der Waals surface area contributed by atoms with E-state index >= 15 is 0 Å². The molecule has 1 saturated carbocycles. The molecule has 1 aliphatic heterocycles. The number of hydrogen-bond donors (Lipinski definition) is 2. The third-order valence-corrected chi connectivity index (χ3v) is 3.83. The Balaban J connectivity index is 1.95. The van der Waals surface area contributed by atoms with Crippen LogP contribution < -0.4 is 10.6 Å². The maximum absolute atomic E-state index is 12.5. The first-order chi connectivity index (χ1) is 9.28. The summed E-state index contributed by atoms with van der Waals surface area (Å²) in [5.74, 6) is 0.0117. The molecule has 2 fully saturated rings. The number of likely N-dealkylation sites (tertiary alicyclic amines) is 1. The highest BCUT2D eigenvalue weighted by Crippen LogP contribution is 2.23. The lowest BCUT2D eigenvalue weighted by atomic mass is 10.0. The van der Waals surface area contributed by atoms with Gasteiger partial charge in [-0.25, -0.2) is 0 Å². The normalized spacial score (nSPS) is 25.5. The molecule has 20 heavy (non-hydrogen) atoms. The van der Waals surface area contributed by atoms with Gasteiger partial charge in [0.05, 0.1) is 6.04 Å². The molecule has 0 aromatic carbocycles. The van der Waals surface area contributed by atoms with Crippen LogP contribution in [0.5, 0.6) is 0 Å². The summed E-state index contributed by atoms with van der Waals surface area (Å²) >= 11 is 0. The molecule has 1 saturated heterocycles. The Morgan fingerprint density at radius 1 is 1.30 bits per heavy atom. The molecule has 0 aromatic rings. The van der Waals surface area contributed by atoms with Gasteiger partial charge in [-0.05, 0) is 53.4 Å². The topological polar surface area (TPSA) is 61.4 Å². The zero-order chi connectivity index (χ0) is 14.9.